The zero-order valence-electron chi connectivity index (χ0n) is 14.4. The molecule has 2 aromatic rings. The molecular weight excluding hydrogens is 322 g/mol. The lowest BCUT2D eigenvalue weighted by Gasteiger charge is -2.18. The summed E-state index contributed by atoms with van der Waals surface area (Å²) in [5.74, 6) is 0.226. The van der Waals surface area contributed by atoms with Crippen molar-refractivity contribution in [1.29, 1.82) is 0 Å². The summed E-state index contributed by atoms with van der Waals surface area (Å²) in [6, 6.07) is 11.8. The predicted molar refractivity (Wildman–Crippen MR) is 99.4 cm³/mol. The Hall–Kier alpha value is -1.78. The van der Waals surface area contributed by atoms with Crippen LogP contribution in [0.25, 0.3) is 0 Å². The molecule has 0 aliphatic heterocycles. The quantitative estimate of drug-likeness (QED) is 0.706. The SMILES string of the molecule is CN(C)CCCNC(=O)CC(Cn1cccc1)c1ccc(Cl)cc1. The third kappa shape index (κ3) is 6.38. The number of halogens is 1. The Morgan fingerprint density at radius 2 is 1.88 bits per heavy atom. The van der Waals surface area contributed by atoms with Crippen LogP contribution in [0.4, 0.5) is 0 Å². The number of amides is 1. The van der Waals surface area contributed by atoms with Crippen molar-refractivity contribution in [2.24, 2.45) is 0 Å². The van der Waals surface area contributed by atoms with Gasteiger partial charge >= 0.3 is 0 Å². The fourth-order valence-electron chi connectivity index (χ4n) is 2.69. The first-order valence-electron chi connectivity index (χ1n) is 8.32. The average molecular weight is 348 g/mol. The van der Waals surface area contributed by atoms with Crippen LogP contribution >= 0.6 is 11.6 Å². The first-order valence-corrected chi connectivity index (χ1v) is 8.70. The van der Waals surface area contributed by atoms with Gasteiger partial charge in [-0.15, -0.1) is 0 Å². The van der Waals surface area contributed by atoms with E-state index in [2.05, 4.69) is 14.8 Å². The van der Waals surface area contributed by atoms with Gasteiger partial charge in [0.25, 0.3) is 0 Å². The van der Waals surface area contributed by atoms with E-state index in [0.29, 0.717) is 18.0 Å². The Morgan fingerprint density at radius 3 is 2.50 bits per heavy atom. The van der Waals surface area contributed by atoms with Crippen molar-refractivity contribution < 1.29 is 4.79 Å². The van der Waals surface area contributed by atoms with Crippen LogP contribution < -0.4 is 5.32 Å². The summed E-state index contributed by atoms with van der Waals surface area (Å²) in [5.41, 5.74) is 1.14. The molecule has 130 valence electrons. The lowest BCUT2D eigenvalue weighted by Crippen LogP contribution is -2.29. The summed E-state index contributed by atoms with van der Waals surface area (Å²) in [4.78, 5) is 14.4. The summed E-state index contributed by atoms with van der Waals surface area (Å²) in [5, 5.41) is 3.74. The van der Waals surface area contributed by atoms with Crippen LogP contribution in [-0.4, -0.2) is 42.6 Å². The summed E-state index contributed by atoms with van der Waals surface area (Å²) < 4.78 is 2.11. The number of nitrogens with zero attached hydrogens (tertiary/aromatic N) is 2. The fourth-order valence-corrected chi connectivity index (χ4v) is 2.81. The van der Waals surface area contributed by atoms with Gasteiger partial charge in [-0.2, -0.15) is 0 Å². The van der Waals surface area contributed by atoms with E-state index in [1.165, 1.54) is 0 Å². The Labute approximate surface area is 149 Å². The number of carbonyl (C=O) groups excluding carboxylic acids is 1. The normalized spacial score (nSPS) is 12.3. The van der Waals surface area contributed by atoms with Crippen LogP contribution in [0.2, 0.25) is 5.02 Å². The van der Waals surface area contributed by atoms with Gasteiger partial charge in [-0.3, -0.25) is 4.79 Å². The molecule has 24 heavy (non-hydrogen) atoms. The monoisotopic (exact) mass is 347 g/mol. The molecule has 0 radical (unpaired) electrons. The molecule has 1 heterocycles. The second-order valence-electron chi connectivity index (χ2n) is 6.34. The van der Waals surface area contributed by atoms with E-state index in [1.807, 2.05) is 62.9 Å². The number of hydrogen-bond donors (Lipinski definition) is 1. The number of aromatic nitrogens is 1. The highest BCUT2D eigenvalue weighted by molar-refractivity contribution is 6.30. The first kappa shape index (κ1) is 18.6. The van der Waals surface area contributed by atoms with Gasteiger partial charge in [0.1, 0.15) is 0 Å². The van der Waals surface area contributed by atoms with Gasteiger partial charge < -0.3 is 14.8 Å². The van der Waals surface area contributed by atoms with Gasteiger partial charge in [-0.25, -0.2) is 0 Å². The molecule has 1 unspecified atom stereocenters. The minimum atomic E-state index is 0.0980. The largest absolute Gasteiger partial charge is 0.356 e. The third-order valence-electron chi connectivity index (χ3n) is 3.97. The molecule has 0 saturated heterocycles. The minimum absolute atomic E-state index is 0.0980. The smallest absolute Gasteiger partial charge is 0.220 e. The van der Waals surface area contributed by atoms with Crippen LogP contribution in [-0.2, 0) is 11.3 Å². The van der Waals surface area contributed by atoms with Gasteiger partial charge in [0, 0.05) is 42.8 Å². The summed E-state index contributed by atoms with van der Waals surface area (Å²) in [6.45, 7) is 2.47. The van der Waals surface area contributed by atoms with Gasteiger partial charge in [-0.1, -0.05) is 23.7 Å². The molecule has 0 aliphatic rings. The van der Waals surface area contributed by atoms with Crippen LogP contribution in [0, 0.1) is 0 Å². The van der Waals surface area contributed by atoms with Crippen molar-refractivity contribution in [2.75, 3.05) is 27.2 Å². The third-order valence-corrected chi connectivity index (χ3v) is 4.23. The maximum absolute atomic E-state index is 12.3. The molecule has 4 nitrogen and oxygen atoms in total. The van der Waals surface area contributed by atoms with E-state index in [9.17, 15) is 4.79 Å². The van der Waals surface area contributed by atoms with Crippen molar-refractivity contribution in [1.82, 2.24) is 14.8 Å². The maximum atomic E-state index is 12.3. The molecule has 1 aromatic carbocycles. The van der Waals surface area contributed by atoms with Crippen molar-refractivity contribution >= 4 is 17.5 Å². The van der Waals surface area contributed by atoms with Crippen molar-refractivity contribution in [3.05, 3.63) is 59.4 Å². The molecular formula is C19H26ClN3O. The minimum Gasteiger partial charge on any atom is -0.356 e. The standard InChI is InChI=1S/C19H26ClN3O/c1-22(2)11-5-10-21-19(24)14-17(15-23-12-3-4-13-23)16-6-8-18(20)9-7-16/h3-4,6-9,12-13,17H,5,10-11,14-15H2,1-2H3,(H,21,24). The molecule has 0 spiro atoms. The molecule has 1 N–H and O–H groups in total. The molecule has 0 aliphatic carbocycles. The number of nitrogens with one attached hydrogen (secondary N) is 1. The van der Waals surface area contributed by atoms with E-state index in [4.69, 9.17) is 11.6 Å². The summed E-state index contributed by atoms with van der Waals surface area (Å²) in [6.07, 6.45) is 5.49. The lowest BCUT2D eigenvalue weighted by atomic mass is 9.95. The van der Waals surface area contributed by atoms with E-state index in [0.717, 1.165) is 25.1 Å². The topological polar surface area (TPSA) is 37.3 Å². The van der Waals surface area contributed by atoms with Crippen LogP contribution in [0.3, 0.4) is 0 Å². The average Bonchev–Trinajstić information content (AvgIpc) is 3.04. The van der Waals surface area contributed by atoms with Crippen molar-refractivity contribution in [3.8, 4) is 0 Å². The number of rotatable bonds is 9. The molecule has 0 bridgehead atoms. The molecule has 0 saturated carbocycles. The Balaban J connectivity index is 1.95. The molecule has 5 heteroatoms. The predicted octanol–water partition coefficient (Wildman–Crippen LogP) is 3.38. The molecule has 0 fully saturated rings. The van der Waals surface area contributed by atoms with Crippen molar-refractivity contribution in [3.63, 3.8) is 0 Å². The van der Waals surface area contributed by atoms with Crippen LogP contribution in [0.1, 0.15) is 24.3 Å². The van der Waals surface area contributed by atoms with Crippen LogP contribution in [0.5, 0.6) is 0 Å². The van der Waals surface area contributed by atoms with E-state index in [1.54, 1.807) is 0 Å². The van der Waals surface area contributed by atoms with Gasteiger partial charge in [0.15, 0.2) is 0 Å². The molecule has 1 aromatic heterocycles. The van der Waals surface area contributed by atoms with Crippen LogP contribution in [0.15, 0.2) is 48.8 Å². The maximum Gasteiger partial charge on any atom is 0.220 e. The number of carbonyl (C=O) groups is 1. The molecule has 2 rings (SSSR count). The highest BCUT2D eigenvalue weighted by Crippen LogP contribution is 2.23. The molecule has 1 amide bonds. The number of hydrogen-bond acceptors (Lipinski definition) is 2. The Morgan fingerprint density at radius 1 is 1.21 bits per heavy atom. The van der Waals surface area contributed by atoms with Gasteiger partial charge in [-0.05, 0) is 56.9 Å². The Kier molecular flexibility index (Phi) is 7.35. The zero-order chi connectivity index (χ0) is 17.4. The lowest BCUT2D eigenvalue weighted by molar-refractivity contribution is -0.121. The van der Waals surface area contributed by atoms with Gasteiger partial charge in [0.05, 0.1) is 0 Å². The van der Waals surface area contributed by atoms with E-state index < -0.39 is 0 Å². The van der Waals surface area contributed by atoms with Crippen molar-refractivity contribution in [2.45, 2.75) is 25.3 Å². The van der Waals surface area contributed by atoms with Gasteiger partial charge in [0.2, 0.25) is 5.91 Å². The highest BCUT2D eigenvalue weighted by Gasteiger charge is 2.16. The second kappa shape index (κ2) is 9.50. The summed E-state index contributed by atoms with van der Waals surface area (Å²) >= 11 is 5.99. The van der Waals surface area contributed by atoms with E-state index in [-0.39, 0.29) is 11.8 Å². The zero-order valence-corrected chi connectivity index (χ0v) is 15.2. The first-order chi connectivity index (χ1) is 11.5. The Bertz CT molecular complexity index is 608. The second-order valence-corrected chi connectivity index (χ2v) is 6.78. The highest BCUT2D eigenvalue weighted by atomic mass is 35.5. The number of benzene rings is 1. The molecule has 1 atom stereocenters. The summed E-state index contributed by atoms with van der Waals surface area (Å²) in [7, 11) is 4.07. The van der Waals surface area contributed by atoms with E-state index >= 15 is 0 Å². The fraction of sp³-hybridized carbons (Fsp3) is 0.421.